The number of hydrogen-bond donors (Lipinski definition) is 1. The molecule has 0 saturated carbocycles. The number of carboxylic acids is 1. The third-order valence-corrected chi connectivity index (χ3v) is 2.27. The summed E-state index contributed by atoms with van der Waals surface area (Å²) in [6, 6.07) is 1.90. The molecular formula is C9H5N5O6. The summed E-state index contributed by atoms with van der Waals surface area (Å²) in [4.78, 5) is 34.3. The molecule has 0 atom stereocenters. The molecule has 0 spiro atoms. The van der Waals surface area contributed by atoms with Gasteiger partial charge in [0.05, 0.1) is 9.85 Å². The van der Waals surface area contributed by atoms with Crippen molar-refractivity contribution in [2.45, 2.75) is 0 Å². The molecular weight excluding hydrogens is 274 g/mol. The zero-order valence-electron chi connectivity index (χ0n) is 9.53. The first-order valence-corrected chi connectivity index (χ1v) is 4.98. The van der Waals surface area contributed by atoms with E-state index in [4.69, 9.17) is 5.11 Å². The predicted molar refractivity (Wildman–Crippen MR) is 61.6 cm³/mol. The van der Waals surface area contributed by atoms with Crippen molar-refractivity contribution in [2.24, 2.45) is 0 Å². The standard InChI is InChI=1S/C9H5N5O6/c15-9(16)6-1-2-7(14(19)20)8(11-6)12-4-5(3-10-12)13(17)18/h1-4H,(H,15,16). The fourth-order valence-electron chi connectivity index (χ4n) is 1.39. The molecule has 0 aliphatic rings. The van der Waals surface area contributed by atoms with E-state index in [2.05, 4.69) is 10.1 Å². The van der Waals surface area contributed by atoms with Gasteiger partial charge in [-0.3, -0.25) is 20.2 Å². The van der Waals surface area contributed by atoms with Crippen LogP contribution in [0.2, 0.25) is 0 Å². The Hall–Kier alpha value is -3.37. The Labute approximate surface area is 109 Å². The van der Waals surface area contributed by atoms with Gasteiger partial charge in [-0.15, -0.1) is 0 Å². The molecule has 0 radical (unpaired) electrons. The summed E-state index contributed by atoms with van der Waals surface area (Å²) < 4.78 is 0.780. The van der Waals surface area contributed by atoms with Crippen LogP contribution in [0.4, 0.5) is 11.4 Å². The van der Waals surface area contributed by atoms with Crippen LogP contribution < -0.4 is 0 Å². The van der Waals surface area contributed by atoms with Gasteiger partial charge >= 0.3 is 17.3 Å². The van der Waals surface area contributed by atoms with Gasteiger partial charge in [0.2, 0.25) is 5.82 Å². The summed E-state index contributed by atoms with van der Waals surface area (Å²) in [5.74, 6) is -1.80. The molecule has 20 heavy (non-hydrogen) atoms. The van der Waals surface area contributed by atoms with Crippen molar-refractivity contribution in [3.8, 4) is 5.82 Å². The summed E-state index contributed by atoms with van der Waals surface area (Å²) in [6.07, 6.45) is 1.78. The highest BCUT2D eigenvalue weighted by Gasteiger charge is 2.22. The van der Waals surface area contributed by atoms with E-state index in [0.717, 1.165) is 29.2 Å². The number of hydrogen-bond acceptors (Lipinski definition) is 7. The molecule has 102 valence electrons. The van der Waals surface area contributed by atoms with E-state index >= 15 is 0 Å². The lowest BCUT2D eigenvalue weighted by molar-refractivity contribution is -0.385. The van der Waals surface area contributed by atoms with E-state index in [1.807, 2.05) is 0 Å². The molecule has 2 rings (SSSR count). The Bertz CT molecular complexity index is 723. The van der Waals surface area contributed by atoms with Crippen LogP contribution in [0.3, 0.4) is 0 Å². The largest absolute Gasteiger partial charge is 0.477 e. The molecule has 11 heteroatoms. The van der Waals surface area contributed by atoms with Crippen LogP contribution in [0.15, 0.2) is 24.5 Å². The molecule has 0 amide bonds. The minimum Gasteiger partial charge on any atom is -0.477 e. The number of rotatable bonds is 4. The lowest BCUT2D eigenvalue weighted by Gasteiger charge is -2.02. The number of nitro groups is 2. The summed E-state index contributed by atoms with van der Waals surface area (Å²) in [5, 5.41) is 33.8. The van der Waals surface area contributed by atoms with Crippen molar-refractivity contribution in [1.29, 1.82) is 0 Å². The van der Waals surface area contributed by atoms with Crippen molar-refractivity contribution in [1.82, 2.24) is 14.8 Å². The third kappa shape index (κ3) is 2.27. The first-order chi connectivity index (χ1) is 9.40. The number of carboxylic acid groups (broad SMARTS) is 1. The lowest BCUT2D eigenvalue weighted by atomic mass is 10.3. The maximum Gasteiger partial charge on any atom is 0.354 e. The lowest BCUT2D eigenvalue weighted by Crippen LogP contribution is -2.08. The van der Waals surface area contributed by atoms with Gasteiger partial charge in [-0.2, -0.15) is 5.10 Å². The summed E-state index contributed by atoms with van der Waals surface area (Å²) in [5.41, 5.74) is -1.36. The van der Waals surface area contributed by atoms with Crippen molar-refractivity contribution in [2.75, 3.05) is 0 Å². The second-order valence-corrected chi connectivity index (χ2v) is 3.50. The zero-order chi connectivity index (χ0) is 14.9. The van der Waals surface area contributed by atoms with E-state index in [1.54, 1.807) is 0 Å². The van der Waals surface area contributed by atoms with E-state index < -0.39 is 38.7 Å². The van der Waals surface area contributed by atoms with E-state index in [1.165, 1.54) is 0 Å². The summed E-state index contributed by atoms with van der Waals surface area (Å²) in [6.45, 7) is 0. The van der Waals surface area contributed by atoms with Crippen LogP contribution in [0.25, 0.3) is 5.82 Å². The van der Waals surface area contributed by atoms with Gasteiger partial charge in [-0.05, 0) is 6.07 Å². The number of pyridine rings is 1. The number of carbonyl (C=O) groups is 1. The number of aromatic carboxylic acids is 1. The minimum absolute atomic E-state index is 0.401. The molecule has 2 aromatic heterocycles. The van der Waals surface area contributed by atoms with E-state index in [0.29, 0.717) is 0 Å². The van der Waals surface area contributed by atoms with Crippen LogP contribution in [0.5, 0.6) is 0 Å². The smallest absolute Gasteiger partial charge is 0.354 e. The Morgan fingerprint density at radius 1 is 1.25 bits per heavy atom. The Kier molecular flexibility index (Phi) is 3.08. The third-order valence-electron chi connectivity index (χ3n) is 2.27. The van der Waals surface area contributed by atoms with Crippen molar-refractivity contribution < 1.29 is 19.7 Å². The molecule has 0 aromatic carbocycles. The maximum absolute atomic E-state index is 10.9. The van der Waals surface area contributed by atoms with Crippen LogP contribution >= 0.6 is 0 Å². The van der Waals surface area contributed by atoms with Crippen molar-refractivity contribution in [3.05, 3.63) is 50.4 Å². The minimum atomic E-state index is -1.39. The highest BCUT2D eigenvalue weighted by molar-refractivity contribution is 5.86. The fraction of sp³-hybridized carbons (Fsp3) is 0. The SMILES string of the molecule is O=C(O)c1ccc([N+](=O)[O-])c(-n2cc([N+](=O)[O-])cn2)n1. The average molecular weight is 279 g/mol. The van der Waals surface area contributed by atoms with Crippen molar-refractivity contribution >= 4 is 17.3 Å². The molecule has 0 saturated heterocycles. The van der Waals surface area contributed by atoms with Crippen LogP contribution in [0.1, 0.15) is 10.5 Å². The van der Waals surface area contributed by atoms with Crippen LogP contribution in [-0.4, -0.2) is 35.7 Å². The monoisotopic (exact) mass is 279 g/mol. The first-order valence-electron chi connectivity index (χ1n) is 4.98. The summed E-state index contributed by atoms with van der Waals surface area (Å²) in [7, 11) is 0. The molecule has 0 fully saturated rings. The molecule has 2 aromatic rings. The quantitative estimate of drug-likeness (QED) is 0.635. The molecule has 1 N–H and O–H groups in total. The van der Waals surface area contributed by atoms with Gasteiger partial charge in [-0.1, -0.05) is 0 Å². The second-order valence-electron chi connectivity index (χ2n) is 3.50. The second kappa shape index (κ2) is 4.72. The van der Waals surface area contributed by atoms with Gasteiger partial charge in [0.25, 0.3) is 0 Å². The van der Waals surface area contributed by atoms with Crippen molar-refractivity contribution in [3.63, 3.8) is 0 Å². The number of aromatic nitrogens is 3. The van der Waals surface area contributed by atoms with E-state index in [-0.39, 0.29) is 0 Å². The molecule has 2 heterocycles. The molecule has 0 unspecified atom stereocenters. The Morgan fingerprint density at radius 2 is 1.95 bits per heavy atom. The normalized spacial score (nSPS) is 10.2. The zero-order valence-corrected chi connectivity index (χ0v) is 9.53. The van der Waals surface area contributed by atoms with Gasteiger partial charge in [0, 0.05) is 6.07 Å². The molecule has 0 aliphatic carbocycles. The Morgan fingerprint density at radius 3 is 2.45 bits per heavy atom. The molecule has 11 nitrogen and oxygen atoms in total. The van der Waals surface area contributed by atoms with Gasteiger partial charge in [-0.25, -0.2) is 14.5 Å². The fourth-order valence-corrected chi connectivity index (χ4v) is 1.39. The first kappa shape index (κ1) is 13.1. The molecule has 0 aliphatic heterocycles. The van der Waals surface area contributed by atoms with Crippen LogP contribution in [-0.2, 0) is 0 Å². The number of nitrogens with zero attached hydrogens (tertiary/aromatic N) is 5. The topological polar surface area (TPSA) is 154 Å². The predicted octanol–water partition coefficient (Wildman–Crippen LogP) is 0.782. The van der Waals surface area contributed by atoms with Gasteiger partial charge < -0.3 is 5.11 Å². The van der Waals surface area contributed by atoms with Crippen LogP contribution in [0, 0.1) is 20.2 Å². The summed E-state index contributed by atoms with van der Waals surface area (Å²) >= 11 is 0. The van der Waals surface area contributed by atoms with E-state index in [9.17, 15) is 25.0 Å². The van der Waals surface area contributed by atoms with Gasteiger partial charge in [0.15, 0.2) is 5.69 Å². The average Bonchev–Trinajstić information content (AvgIpc) is 2.87. The highest BCUT2D eigenvalue weighted by atomic mass is 16.6. The maximum atomic E-state index is 10.9. The molecule has 0 bridgehead atoms. The highest BCUT2D eigenvalue weighted by Crippen LogP contribution is 2.22. The Balaban J connectivity index is 2.62. The van der Waals surface area contributed by atoms with Gasteiger partial charge in [0.1, 0.15) is 12.4 Å².